The summed E-state index contributed by atoms with van der Waals surface area (Å²) >= 11 is 0. The molecular formula is C12H21N3O3. The van der Waals surface area contributed by atoms with E-state index in [1.807, 2.05) is 0 Å². The second-order valence-corrected chi connectivity index (χ2v) is 4.67. The van der Waals surface area contributed by atoms with Gasteiger partial charge < -0.3 is 19.9 Å². The summed E-state index contributed by atoms with van der Waals surface area (Å²) in [6, 6.07) is -0.0396. The fourth-order valence-corrected chi connectivity index (χ4v) is 2.28. The standard InChI is InChI=1S/C12H21N3O3/c16-11(14-7-9-18-10-8-14)3-4-13-12(17)15-5-1-2-6-15/h1-10H2,(H,13,17). The third kappa shape index (κ3) is 3.60. The normalized spacial score (nSPS) is 20.0. The first-order valence-electron chi connectivity index (χ1n) is 6.65. The Morgan fingerprint density at radius 2 is 1.67 bits per heavy atom. The van der Waals surface area contributed by atoms with Crippen LogP contribution in [-0.4, -0.2) is 67.7 Å². The van der Waals surface area contributed by atoms with E-state index < -0.39 is 0 Å². The lowest BCUT2D eigenvalue weighted by molar-refractivity contribution is -0.135. The van der Waals surface area contributed by atoms with Crippen LogP contribution in [0.5, 0.6) is 0 Å². The Hall–Kier alpha value is -1.30. The molecule has 0 unspecified atom stereocenters. The van der Waals surface area contributed by atoms with Gasteiger partial charge in [-0.2, -0.15) is 0 Å². The Morgan fingerprint density at radius 3 is 2.33 bits per heavy atom. The molecule has 0 aromatic heterocycles. The molecule has 0 aromatic rings. The molecule has 2 heterocycles. The molecule has 0 aliphatic carbocycles. The molecule has 0 radical (unpaired) electrons. The highest BCUT2D eigenvalue weighted by Crippen LogP contribution is 2.07. The largest absolute Gasteiger partial charge is 0.378 e. The second-order valence-electron chi connectivity index (χ2n) is 4.67. The highest BCUT2D eigenvalue weighted by molar-refractivity contribution is 5.78. The molecule has 18 heavy (non-hydrogen) atoms. The Bertz CT molecular complexity index is 297. The number of likely N-dealkylation sites (tertiary alicyclic amines) is 1. The van der Waals surface area contributed by atoms with Gasteiger partial charge in [0.15, 0.2) is 0 Å². The molecule has 2 aliphatic rings. The fourth-order valence-electron chi connectivity index (χ4n) is 2.28. The lowest BCUT2D eigenvalue weighted by atomic mass is 10.3. The molecule has 0 atom stereocenters. The molecule has 2 fully saturated rings. The monoisotopic (exact) mass is 255 g/mol. The predicted octanol–water partition coefficient (Wildman–Crippen LogP) is 0.0407. The average molecular weight is 255 g/mol. The number of nitrogens with zero attached hydrogens (tertiary/aromatic N) is 2. The quantitative estimate of drug-likeness (QED) is 0.774. The third-order valence-corrected chi connectivity index (χ3v) is 3.37. The van der Waals surface area contributed by atoms with Gasteiger partial charge in [0.1, 0.15) is 0 Å². The molecule has 0 bridgehead atoms. The lowest BCUT2D eigenvalue weighted by Crippen LogP contribution is -2.43. The van der Waals surface area contributed by atoms with Gasteiger partial charge in [-0.1, -0.05) is 0 Å². The molecule has 0 spiro atoms. The summed E-state index contributed by atoms with van der Waals surface area (Å²) in [5.41, 5.74) is 0. The maximum atomic E-state index is 11.8. The van der Waals surface area contributed by atoms with Crippen LogP contribution in [0, 0.1) is 0 Å². The van der Waals surface area contributed by atoms with E-state index in [2.05, 4.69) is 5.32 Å². The predicted molar refractivity (Wildman–Crippen MR) is 66.2 cm³/mol. The molecule has 102 valence electrons. The van der Waals surface area contributed by atoms with Crippen LogP contribution < -0.4 is 5.32 Å². The molecule has 1 N–H and O–H groups in total. The van der Waals surface area contributed by atoms with E-state index >= 15 is 0 Å². The van der Waals surface area contributed by atoms with Crippen molar-refractivity contribution in [3.63, 3.8) is 0 Å². The van der Waals surface area contributed by atoms with E-state index in [4.69, 9.17) is 4.74 Å². The van der Waals surface area contributed by atoms with Crippen molar-refractivity contribution in [3.05, 3.63) is 0 Å². The van der Waals surface area contributed by atoms with Crippen LogP contribution in [0.2, 0.25) is 0 Å². The van der Waals surface area contributed by atoms with Gasteiger partial charge in [-0.05, 0) is 12.8 Å². The summed E-state index contributed by atoms with van der Waals surface area (Å²) in [5.74, 6) is 0.0972. The van der Waals surface area contributed by atoms with Crippen LogP contribution in [0.4, 0.5) is 4.79 Å². The molecule has 3 amide bonds. The first-order valence-corrected chi connectivity index (χ1v) is 6.65. The minimum Gasteiger partial charge on any atom is -0.378 e. The van der Waals surface area contributed by atoms with Gasteiger partial charge in [0.05, 0.1) is 13.2 Å². The first-order chi connectivity index (χ1) is 8.77. The molecule has 0 saturated carbocycles. The number of carbonyl (C=O) groups excluding carboxylic acids is 2. The number of rotatable bonds is 3. The zero-order valence-corrected chi connectivity index (χ0v) is 10.7. The Balaban J connectivity index is 1.62. The summed E-state index contributed by atoms with van der Waals surface area (Å²) in [4.78, 5) is 27.1. The topological polar surface area (TPSA) is 61.9 Å². The van der Waals surface area contributed by atoms with Crippen LogP contribution in [0.15, 0.2) is 0 Å². The van der Waals surface area contributed by atoms with Gasteiger partial charge in [-0.3, -0.25) is 4.79 Å². The Labute approximate surface area is 107 Å². The minimum absolute atomic E-state index is 0.0396. The van der Waals surface area contributed by atoms with Crippen LogP contribution >= 0.6 is 0 Å². The van der Waals surface area contributed by atoms with Crippen LogP contribution in [0.25, 0.3) is 0 Å². The van der Waals surface area contributed by atoms with Crippen LogP contribution in [0.1, 0.15) is 19.3 Å². The smallest absolute Gasteiger partial charge is 0.317 e. The summed E-state index contributed by atoms with van der Waals surface area (Å²) in [6.45, 7) is 4.66. The number of hydrogen-bond donors (Lipinski definition) is 1. The highest BCUT2D eigenvalue weighted by atomic mass is 16.5. The Morgan fingerprint density at radius 1 is 1.00 bits per heavy atom. The summed E-state index contributed by atoms with van der Waals surface area (Å²) in [5, 5.41) is 2.80. The summed E-state index contributed by atoms with van der Waals surface area (Å²) in [6.07, 6.45) is 2.54. The van der Waals surface area contributed by atoms with Gasteiger partial charge in [-0.15, -0.1) is 0 Å². The number of morpholine rings is 1. The molecule has 6 nitrogen and oxygen atoms in total. The van der Waals surface area contributed by atoms with E-state index in [9.17, 15) is 9.59 Å². The van der Waals surface area contributed by atoms with Crippen molar-refractivity contribution in [2.75, 3.05) is 45.9 Å². The number of ether oxygens (including phenoxy) is 1. The van der Waals surface area contributed by atoms with Crippen molar-refractivity contribution in [1.29, 1.82) is 0 Å². The number of carbonyl (C=O) groups is 2. The van der Waals surface area contributed by atoms with Crippen molar-refractivity contribution in [3.8, 4) is 0 Å². The summed E-state index contributed by atoms with van der Waals surface area (Å²) in [7, 11) is 0. The van der Waals surface area contributed by atoms with E-state index in [-0.39, 0.29) is 11.9 Å². The number of amides is 3. The van der Waals surface area contributed by atoms with Crippen molar-refractivity contribution in [2.24, 2.45) is 0 Å². The highest BCUT2D eigenvalue weighted by Gasteiger charge is 2.19. The second kappa shape index (κ2) is 6.58. The van der Waals surface area contributed by atoms with Gasteiger partial charge in [0, 0.05) is 39.1 Å². The van der Waals surface area contributed by atoms with Crippen molar-refractivity contribution in [1.82, 2.24) is 15.1 Å². The third-order valence-electron chi connectivity index (χ3n) is 3.37. The van der Waals surface area contributed by atoms with E-state index in [1.165, 1.54) is 0 Å². The SMILES string of the molecule is O=C(CCNC(=O)N1CCCC1)N1CCOCC1. The van der Waals surface area contributed by atoms with E-state index in [1.54, 1.807) is 9.80 Å². The van der Waals surface area contributed by atoms with Crippen LogP contribution in [0.3, 0.4) is 0 Å². The van der Waals surface area contributed by atoms with Crippen molar-refractivity contribution >= 4 is 11.9 Å². The maximum absolute atomic E-state index is 11.8. The molecule has 6 heteroatoms. The molecule has 2 aliphatic heterocycles. The molecule has 0 aromatic carbocycles. The number of urea groups is 1. The number of hydrogen-bond acceptors (Lipinski definition) is 3. The summed E-state index contributed by atoms with van der Waals surface area (Å²) < 4.78 is 5.19. The molecule has 2 saturated heterocycles. The van der Waals surface area contributed by atoms with Crippen molar-refractivity contribution in [2.45, 2.75) is 19.3 Å². The van der Waals surface area contributed by atoms with Gasteiger partial charge >= 0.3 is 6.03 Å². The van der Waals surface area contributed by atoms with Gasteiger partial charge in [0.25, 0.3) is 0 Å². The molecule has 2 rings (SSSR count). The lowest BCUT2D eigenvalue weighted by Gasteiger charge is -2.27. The van der Waals surface area contributed by atoms with Gasteiger partial charge in [-0.25, -0.2) is 4.79 Å². The Kier molecular flexibility index (Phi) is 4.81. The average Bonchev–Trinajstić information content (AvgIpc) is 2.93. The minimum atomic E-state index is -0.0396. The maximum Gasteiger partial charge on any atom is 0.317 e. The molecular weight excluding hydrogens is 234 g/mol. The number of nitrogens with one attached hydrogen (secondary N) is 1. The van der Waals surface area contributed by atoms with E-state index in [0.717, 1.165) is 25.9 Å². The van der Waals surface area contributed by atoms with Crippen molar-refractivity contribution < 1.29 is 14.3 Å². The fraction of sp³-hybridized carbons (Fsp3) is 0.833. The zero-order valence-electron chi connectivity index (χ0n) is 10.7. The zero-order chi connectivity index (χ0) is 12.8. The van der Waals surface area contributed by atoms with E-state index in [0.29, 0.717) is 39.3 Å². The van der Waals surface area contributed by atoms with Gasteiger partial charge in [0.2, 0.25) is 5.91 Å². The van der Waals surface area contributed by atoms with Crippen LogP contribution in [-0.2, 0) is 9.53 Å². The first kappa shape index (κ1) is 13.1.